The highest BCUT2D eigenvalue weighted by Gasteiger charge is 2.19. The molecule has 4 nitrogen and oxygen atoms in total. The molecule has 1 aromatic carbocycles. The maximum atomic E-state index is 12.1. The molecule has 1 aliphatic rings. The van der Waals surface area contributed by atoms with Gasteiger partial charge in [-0.15, -0.1) is 0 Å². The Balaban J connectivity index is 1.81. The van der Waals surface area contributed by atoms with Crippen LogP contribution in [0.15, 0.2) is 47.3 Å². The third-order valence-electron chi connectivity index (χ3n) is 3.93. The number of carbonyl (C=O) groups is 1. The van der Waals surface area contributed by atoms with Gasteiger partial charge in [-0.2, -0.15) is 0 Å². The summed E-state index contributed by atoms with van der Waals surface area (Å²) in [7, 11) is 0. The average Bonchev–Trinajstić information content (AvgIpc) is 3.01. The van der Waals surface area contributed by atoms with Crippen LogP contribution in [0.4, 0.5) is 0 Å². The Labute approximate surface area is 123 Å². The van der Waals surface area contributed by atoms with Crippen molar-refractivity contribution in [2.75, 3.05) is 0 Å². The van der Waals surface area contributed by atoms with E-state index in [9.17, 15) is 9.59 Å². The molecule has 0 aliphatic heterocycles. The molecule has 2 aromatic rings. The molecule has 1 aliphatic carbocycles. The molecule has 0 radical (unpaired) electrons. The first kappa shape index (κ1) is 13.6. The number of pyridine rings is 1. The number of benzene rings is 1. The second-order valence-electron chi connectivity index (χ2n) is 5.44. The molecule has 0 atom stereocenters. The molecular formula is C17H18N2O2. The van der Waals surface area contributed by atoms with E-state index in [0.29, 0.717) is 0 Å². The van der Waals surface area contributed by atoms with Crippen molar-refractivity contribution in [2.24, 2.45) is 0 Å². The maximum Gasteiger partial charge on any atom is 0.261 e. The van der Waals surface area contributed by atoms with Gasteiger partial charge in [-0.3, -0.25) is 9.59 Å². The minimum atomic E-state index is -0.341. The number of rotatable bonds is 3. The first-order chi connectivity index (χ1) is 10.2. The number of hydrogen-bond donors (Lipinski definition) is 2. The largest absolute Gasteiger partial charge is 0.349 e. The molecule has 21 heavy (non-hydrogen) atoms. The number of carbonyl (C=O) groups excluding carboxylic acids is 1. The number of hydrogen-bond acceptors (Lipinski definition) is 2. The summed E-state index contributed by atoms with van der Waals surface area (Å²) < 4.78 is 0. The van der Waals surface area contributed by atoms with E-state index in [1.165, 1.54) is 0 Å². The molecule has 4 heteroatoms. The van der Waals surface area contributed by atoms with Crippen LogP contribution in [0, 0.1) is 0 Å². The van der Waals surface area contributed by atoms with E-state index in [2.05, 4.69) is 10.3 Å². The van der Waals surface area contributed by atoms with Crippen molar-refractivity contribution >= 4 is 5.91 Å². The quantitative estimate of drug-likeness (QED) is 0.909. The lowest BCUT2D eigenvalue weighted by Gasteiger charge is -2.11. The van der Waals surface area contributed by atoms with Crippen molar-refractivity contribution in [3.05, 3.63) is 58.4 Å². The molecule has 1 heterocycles. The first-order valence-electron chi connectivity index (χ1n) is 7.33. The van der Waals surface area contributed by atoms with Crippen LogP contribution in [0.5, 0.6) is 0 Å². The van der Waals surface area contributed by atoms with Gasteiger partial charge in [0.25, 0.3) is 11.5 Å². The number of H-pyrrole nitrogens is 1. The molecule has 2 N–H and O–H groups in total. The normalized spacial score (nSPS) is 15.0. The third-order valence-corrected chi connectivity index (χ3v) is 3.93. The first-order valence-corrected chi connectivity index (χ1v) is 7.33. The number of aromatic nitrogens is 1. The molecular weight excluding hydrogens is 264 g/mol. The van der Waals surface area contributed by atoms with E-state index < -0.39 is 0 Å². The molecule has 0 spiro atoms. The lowest BCUT2D eigenvalue weighted by atomic mass is 10.1. The zero-order chi connectivity index (χ0) is 14.7. The van der Waals surface area contributed by atoms with Gasteiger partial charge < -0.3 is 10.3 Å². The molecule has 1 amide bonds. The van der Waals surface area contributed by atoms with Crippen LogP contribution in [0.3, 0.4) is 0 Å². The highest BCUT2D eigenvalue weighted by atomic mass is 16.2. The highest BCUT2D eigenvalue weighted by molar-refractivity contribution is 5.94. The Morgan fingerprint density at radius 1 is 1.05 bits per heavy atom. The number of aromatic amines is 1. The van der Waals surface area contributed by atoms with Crippen molar-refractivity contribution in [3.63, 3.8) is 0 Å². The zero-order valence-electron chi connectivity index (χ0n) is 11.8. The van der Waals surface area contributed by atoms with Crippen molar-refractivity contribution in [1.82, 2.24) is 10.3 Å². The van der Waals surface area contributed by atoms with Crippen molar-refractivity contribution in [3.8, 4) is 11.3 Å². The van der Waals surface area contributed by atoms with Crippen LogP contribution in [0.1, 0.15) is 36.0 Å². The van der Waals surface area contributed by atoms with Crippen molar-refractivity contribution < 1.29 is 4.79 Å². The number of nitrogens with one attached hydrogen (secondary N) is 2. The van der Waals surface area contributed by atoms with Gasteiger partial charge in [0, 0.05) is 11.7 Å². The second kappa shape index (κ2) is 5.95. The Morgan fingerprint density at radius 3 is 2.43 bits per heavy atom. The summed E-state index contributed by atoms with van der Waals surface area (Å²) in [5.74, 6) is -0.275. The van der Waals surface area contributed by atoms with Crippen LogP contribution in [-0.4, -0.2) is 16.9 Å². The fourth-order valence-corrected chi connectivity index (χ4v) is 2.77. The molecule has 108 valence electrons. The van der Waals surface area contributed by atoms with Gasteiger partial charge in [0.05, 0.1) is 0 Å². The predicted molar refractivity (Wildman–Crippen MR) is 82.2 cm³/mol. The SMILES string of the molecule is O=C(NC1CCCC1)c1ccc(-c2ccccc2)[nH]c1=O. The zero-order valence-corrected chi connectivity index (χ0v) is 11.8. The molecule has 1 aromatic heterocycles. The molecule has 1 fully saturated rings. The Kier molecular flexibility index (Phi) is 3.86. The molecule has 0 bridgehead atoms. The minimum absolute atomic E-state index is 0.182. The lowest BCUT2D eigenvalue weighted by molar-refractivity contribution is 0.0936. The fourth-order valence-electron chi connectivity index (χ4n) is 2.77. The van der Waals surface area contributed by atoms with E-state index >= 15 is 0 Å². The van der Waals surface area contributed by atoms with Crippen molar-refractivity contribution in [2.45, 2.75) is 31.7 Å². The topological polar surface area (TPSA) is 62.0 Å². The Bertz CT molecular complexity index is 685. The maximum absolute atomic E-state index is 12.1. The molecule has 0 saturated heterocycles. The van der Waals surface area contributed by atoms with E-state index in [-0.39, 0.29) is 23.1 Å². The van der Waals surface area contributed by atoms with Gasteiger partial charge in [-0.05, 0) is 30.5 Å². The van der Waals surface area contributed by atoms with Crippen LogP contribution < -0.4 is 10.9 Å². The third kappa shape index (κ3) is 3.05. The van der Waals surface area contributed by atoms with Crippen LogP contribution >= 0.6 is 0 Å². The highest BCUT2D eigenvalue weighted by Crippen LogP contribution is 2.18. The molecule has 0 unspecified atom stereocenters. The lowest BCUT2D eigenvalue weighted by Crippen LogP contribution is -2.36. The number of amides is 1. The Morgan fingerprint density at radius 2 is 1.76 bits per heavy atom. The van der Waals surface area contributed by atoms with Gasteiger partial charge in [-0.1, -0.05) is 43.2 Å². The van der Waals surface area contributed by atoms with Gasteiger partial charge >= 0.3 is 0 Å². The van der Waals surface area contributed by atoms with Gasteiger partial charge in [-0.25, -0.2) is 0 Å². The summed E-state index contributed by atoms with van der Waals surface area (Å²) in [6.45, 7) is 0. The molecule has 1 saturated carbocycles. The summed E-state index contributed by atoms with van der Waals surface area (Å²) in [6.07, 6.45) is 4.31. The summed E-state index contributed by atoms with van der Waals surface area (Å²) in [5.41, 5.74) is 1.49. The van der Waals surface area contributed by atoms with E-state index in [0.717, 1.165) is 36.9 Å². The second-order valence-corrected chi connectivity index (χ2v) is 5.44. The van der Waals surface area contributed by atoms with Crippen molar-refractivity contribution in [1.29, 1.82) is 0 Å². The summed E-state index contributed by atoms with van der Waals surface area (Å²) in [4.78, 5) is 27.0. The van der Waals surface area contributed by atoms with Crippen LogP contribution in [0.25, 0.3) is 11.3 Å². The fraction of sp³-hybridized carbons (Fsp3) is 0.294. The predicted octanol–water partition coefficient (Wildman–Crippen LogP) is 2.71. The summed E-state index contributed by atoms with van der Waals surface area (Å²) in [5, 5.41) is 2.94. The summed E-state index contributed by atoms with van der Waals surface area (Å²) in [6, 6.07) is 13.2. The molecule has 3 rings (SSSR count). The van der Waals surface area contributed by atoms with Gasteiger partial charge in [0.1, 0.15) is 5.56 Å². The van der Waals surface area contributed by atoms with Crippen LogP contribution in [-0.2, 0) is 0 Å². The van der Waals surface area contributed by atoms with E-state index in [4.69, 9.17) is 0 Å². The standard InChI is InChI=1S/C17H18N2O2/c20-16(18-13-8-4-5-9-13)14-10-11-15(19-17(14)21)12-6-2-1-3-7-12/h1-3,6-7,10-11,13H,4-5,8-9H2,(H,18,20)(H,19,21). The average molecular weight is 282 g/mol. The summed E-state index contributed by atoms with van der Waals surface area (Å²) >= 11 is 0. The Hall–Kier alpha value is -2.36. The monoisotopic (exact) mass is 282 g/mol. The van der Waals surface area contributed by atoms with E-state index in [1.807, 2.05) is 30.3 Å². The van der Waals surface area contributed by atoms with Gasteiger partial charge in [0.15, 0.2) is 0 Å². The van der Waals surface area contributed by atoms with E-state index in [1.54, 1.807) is 12.1 Å². The minimum Gasteiger partial charge on any atom is -0.349 e. The van der Waals surface area contributed by atoms with Crippen LogP contribution in [0.2, 0.25) is 0 Å². The van der Waals surface area contributed by atoms with Gasteiger partial charge in [0.2, 0.25) is 0 Å². The smallest absolute Gasteiger partial charge is 0.261 e.